The largest absolute Gasteiger partial charge is 0.356 e. The van der Waals surface area contributed by atoms with Crippen molar-refractivity contribution < 1.29 is 4.79 Å². The number of amides is 1. The lowest BCUT2D eigenvalue weighted by Gasteiger charge is -2.33. The maximum absolute atomic E-state index is 12.1. The monoisotopic (exact) mass is 385 g/mol. The molecular formula is C22H35N5O. The molecule has 0 bridgehead atoms. The van der Waals surface area contributed by atoms with E-state index in [0.717, 1.165) is 62.5 Å². The summed E-state index contributed by atoms with van der Waals surface area (Å²) in [5.41, 5.74) is 3.09. The molecule has 0 aromatic heterocycles. The molecule has 1 aliphatic rings. The van der Waals surface area contributed by atoms with E-state index in [1.807, 2.05) is 25.2 Å². The van der Waals surface area contributed by atoms with Gasteiger partial charge in [-0.1, -0.05) is 24.3 Å². The van der Waals surface area contributed by atoms with Gasteiger partial charge in [0.25, 0.3) is 5.91 Å². The molecular weight excluding hydrogens is 350 g/mol. The number of guanidine groups is 1. The molecule has 28 heavy (non-hydrogen) atoms. The third kappa shape index (κ3) is 7.00. The van der Waals surface area contributed by atoms with Crippen LogP contribution < -0.4 is 10.6 Å². The Morgan fingerprint density at radius 3 is 2.64 bits per heavy atom. The molecule has 1 fully saturated rings. The number of carbonyl (C=O) groups is 1. The summed E-state index contributed by atoms with van der Waals surface area (Å²) in [6, 6.07) is 8.28. The third-order valence-corrected chi connectivity index (χ3v) is 4.93. The number of rotatable bonds is 7. The number of likely N-dealkylation sites (tertiary alicyclic amines) is 1. The number of nitrogens with one attached hydrogen (secondary N) is 2. The van der Waals surface area contributed by atoms with Gasteiger partial charge in [0.2, 0.25) is 0 Å². The first-order valence-corrected chi connectivity index (χ1v) is 10.0. The Morgan fingerprint density at radius 1 is 1.32 bits per heavy atom. The van der Waals surface area contributed by atoms with Crippen molar-refractivity contribution in [3.8, 4) is 0 Å². The topological polar surface area (TPSA) is 60.0 Å². The Kier molecular flexibility index (Phi) is 8.51. The Labute approximate surface area is 169 Å². The zero-order chi connectivity index (χ0) is 20.5. The minimum absolute atomic E-state index is 0.0327. The molecule has 6 heteroatoms. The quantitative estimate of drug-likeness (QED) is 0.429. The van der Waals surface area contributed by atoms with E-state index in [1.54, 1.807) is 19.0 Å². The zero-order valence-electron chi connectivity index (χ0n) is 17.8. The number of aliphatic imine (C=N–C) groups is 1. The molecule has 1 aromatic carbocycles. The van der Waals surface area contributed by atoms with E-state index < -0.39 is 0 Å². The van der Waals surface area contributed by atoms with Crippen LogP contribution in [-0.4, -0.2) is 75.0 Å². The van der Waals surface area contributed by atoms with E-state index in [-0.39, 0.29) is 5.91 Å². The summed E-state index contributed by atoms with van der Waals surface area (Å²) in [7, 11) is 5.35. The normalized spacial score (nSPS) is 15.9. The highest BCUT2D eigenvalue weighted by molar-refractivity contribution is 5.94. The SMILES string of the molecule is C=C(C)CN1CCC(NC(=NC)NCCc2cccc(C(=O)N(C)C)c2)CC1. The summed E-state index contributed by atoms with van der Waals surface area (Å²) in [4.78, 5) is 20.5. The standard InChI is InChI=1S/C22H35N5O/c1-17(2)16-27-13-10-20(11-14-27)25-22(23-3)24-12-9-18-7-6-8-19(15-18)21(28)26(4)5/h6-8,15,20H,1,9-14,16H2,2-5H3,(H2,23,24,25). The average Bonchev–Trinajstić information content (AvgIpc) is 2.67. The van der Waals surface area contributed by atoms with Gasteiger partial charge in [-0.05, 0) is 43.9 Å². The highest BCUT2D eigenvalue weighted by atomic mass is 16.2. The average molecular weight is 386 g/mol. The van der Waals surface area contributed by atoms with Crippen molar-refractivity contribution >= 4 is 11.9 Å². The molecule has 6 nitrogen and oxygen atoms in total. The minimum atomic E-state index is 0.0327. The molecule has 1 amide bonds. The molecule has 0 spiro atoms. The smallest absolute Gasteiger partial charge is 0.253 e. The van der Waals surface area contributed by atoms with Gasteiger partial charge in [-0.15, -0.1) is 0 Å². The van der Waals surface area contributed by atoms with Crippen LogP contribution in [0.3, 0.4) is 0 Å². The van der Waals surface area contributed by atoms with Crippen LogP contribution >= 0.6 is 0 Å². The summed E-state index contributed by atoms with van der Waals surface area (Å²) in [5.74, 6) is 0.879. The predicted octanol–water partition coefficient (Wildman–Crippen LogP) is 2.14. The van der Waals surface area contributed by atoms with Crippen LogP contribution in [0.15, 0.2) is 41.4 Å². The summed E-state index contributed by atoms with van der Waals surface area (Å²) in [5, 5.41) is 6.94. The van der Waals surface area contributed by atoms with Crippen LogP contribution in [0, 0.1) is 0 Å². The van der Waals surface area contributed by atoms with Crippen LogP contribution in [0.25, 0.3) is 0 Å². The fourth-order valence-corrected chi connectivity index (χ4v) is 3.45. The summed E-state index contributed by atoms with van der Waals surface area (Å²) >= 11 is 0. The molecule has 0 saturated carbocycles. The van der Waals surface area contributed by atoms with Crippen LogP contribution in [0.4, 0.5) is 0 Å². The molecule has 2 rings (SSSR count). The van der Waals surface area contributed by atoms with Crippen molar-refractivity contribution in [2.24, 2.45) is 4.99 Å². The molecule has 1 saturated heterocycles. The van der Waals surface area contributed by atoms with E-state index in [2.05, 4.69) is 40.1 Å². The van der Waals surface area contributed by atoms with Crippen LogP contribution in [0.2, 0.25) is 0 Å². The Balaban J connectivity index is 1.77. The Morgan fingerprint density at radius 2 is 2.04 bits per heavy atom. The fraction of sp³-hybridized carbons (Fsp3) is 0.545. The van der Waals surface area contributed by atoms with Crippen molar-refractivity contribution in [2.75, 3.05) is 47.3 Å². The number of benzene rings is 1. The molecule has 1 heterocycles. The van der Waals surface area contributed by atoms with E-state index in [9.17, 15) is 4.79 Å². The number of hydrogen-bond donors (Lipinski definition) is 2. The Hall–Kier alpha value is -2.34. The lowest BCUT2D eigenvalue weighted by molar-refractivity contribution is 0.0827. The number of hydrogen-bond acceptors (Lipinski definition) is 3. The van der Waals surface area contributed by atoms with Crippen molar-refractivity contribution in [1.29, 1.82) is 0 Å². The van der Waals surface area contributed by atoms with Gasteiger partial charge >= 0.3 is 0 Å². The zero-order valence-corrected chi connectivity index (χ0v) is 17.8. The molecule has 2 N–H and O–H groups in total. The first kappa shape index (κ1) is 22.0. The van der Waals surface area contributed by atoms with Crippen molar-refractivity contribution in [3.63, 3.8) is 0 Å². The molecule has 0 unspecified atom stereocenters. The first-order chi connectivity index (χ1) is 13.4. The van der Waals surface area contributed by atoms with Crippen molar-refractivity contribution in [1.82, 2.24) is 20.4 Å². The van der Waals surface area contributed by atoms with Gasteiger partial charge in [-0.2, -0.15) is 0 Å². The van der Waals surface area contributed by atoms with Gasteiger partial charge in [0.05, 0.1) is 0 Å². The molecule has 0 radical (unpaired) electrons. The highest BCUT2D eigenvalue weighted by Crippen LogP contribution is 2.11. The Bertz CT molecular complexity index is 690. The van der Waals surface area contributed by atoms with Gasteiger partial charge in [0.15, 0.2) is 5.96 Å². The van der Waals surface area contributed by atoms with Crippen LogP contribution in [-0.2, 0) is 6.42 Å². The summed E-state index contributed by atoms with van der Waals surface area (Å²) in [6.07, 6.45) is 3.07. The second kappa shape index (κ2) is 10.9. The van der Waals surface area contributed by atoms with E-state index in [1.165, 1.54) is 5.57 Å². The summed E-state index contributed by atoms with van der Waals surface area (Å²) in [6.45, 7) is 10.0. The predicted molar refractivity (Wildman–Crippen MR) is 117 cm³/mol. The van der Waals surface area contributed by atoms with Crippen LogP contribution in [0.5, 0.6) is 0 Å². The van der Waals surface area contributed by atoms with E-state index in [4.69, 9.17) is 0 Å². The van der Waals surface area contributed by atoms with E-state index >= 15 is 0 Å². The number of carbonyl (C=O) groups excluding carboxylic acids is 1. The second-order valence-corrected chi connectivity index (χ2v) is 7.80. The minimum Gasteiger partial charge on any atom is -0.356 e. The number of piperidine rings is 1. The maximum Gasteiger partial charge on any atom is 0.253 e. The van der Waals surface area contributed by atoms with Gasteiger partial charge in [-0.25, -0.2) is 0 Å². The van der Waals surface area contributed by atoms with Crippen molar-refractivity contribution in [2.45, 2.75) is 32.2 Å². The van der Waals surface area contributed by atoms with Crippen LogP contribution in [0.1, 0.15) is 35.7 Å². The van der Waals surface area contributed by atoms with E-state index in [0.29, 0.717) is 6.04 Å². The first-order valence-electron chi connectivity index (χ1n) is 10.0. The van der Waals surface area contributed by atoms with Gasteiger partial charge in [0, 0.05) is 58.9 Å². The highest BCUT2D eigenvalue weighted by Gasteiger charge is 2.19. The molecule has 1 aliphatic heterocycles. The maximum atomic E-state index is 12.1. The second-order valence-electron chi connectivity index (χ2n) is 7.80. The summed E-state index contributed by atoms with van der Waals surface area (Å²) < 4.78 is 0. The number of nitrogens with zero attached hydrogens (tertiary/aromatic N) is 3. The third-order valence-electron chi connectivity index (χ3n) is 4.93. The molecule has 1 aromatic rings. The van der Waals surface area contributed by atoms with Gasteiger partial charge < -0.3 is 15.5 Å². The van der Waals surface area contributed by atoms with Gasteiger partial charge in [-0.3, -0.25) is 14.7 Å². The van der Waals surface area contributed by atoms with Crippen molar-refractivity contribution in [3.05, 3.63) is 47.5 Å². The lowest BCUT2D eigenvalue weighted by atomic mass is 10.0. The fourth-order valence-electron chi connectivity index (χ4n) is 3.45. The molecule has 154 valence electrons. The van der Waals surface area contributed by atoms with Gasteiger partial charge in [0.1, 0.15) is 0 Å². The lowest BCUT2D eigenvalue weighted by Crippen LogP contribution is -2.49. The molecule has 0 aliphatic carbocycles. The molecule has 0 atom stereocenters.